The number of pyridine rings is 1. The van der Waals surface area contributed by atoms with Crippen molar-refractivity contribution in [1.82, 2.24) is 15.2 Å². The minimum absolute atomic E-state index is 0.505. The fourth-order valence-electron chi connectivity index (χ4n) is 3.00. The van der Waals surface area contributed by atoms with E-state index in [1.54, 1.807) is 0 Å². The van der Waals surface area contributed by atoms with Crippen molar-refractivity contribution >= 4 is 0 Å². The normalized spacial score (nSPS) is 16.4. The zero-order valence-corrected chi connectivity index (χ0v) is 13.2. The average Bonchev–Trinajstić information content (AvgIpc) is 2.89. The van der Waals surface area contributed by atoms with E-state index in [1.165, 1.54) is 37.9 Å². The Morgan fingerprint density at radius 1 is 1.25 bits per heavy atom. The largest absolute Gasteiger partial charge is 0.309 e. The quantitative estimate of drug-likeness (QED) is 0.828. The number of nitrogens with one attached hydrogen (secondary N) is 1. The van der Waals surface area contributed by atoms with Crippen molar-refractivity contribution in [2.75, 3.05) is 13.6 Å². The SMILES string of the molecule is CC(C)NCc1cccc(CN(C)CC2CCCC2)n1. The highest BCUT2D eigenvalue weighted by atomic mass is 15.1. The van der Waals surface area contributed by atoms with Gasteiger partial charge in [0.05, 0.1) is 11.4 Å². The molecule has 1 aliphatic rings. The minimum atomic E-state index is 0.505. The van der Waals surface area contributed by atoms with Crippen LogP contribution in [0.1, 0.15) is 50.9 Å². The second kappa shape index (κ2) is 7.75. The fraction of sp³-hybridized carbons (Fsp3) is 0.706. The van der Waals surface area contributed by atoms with E-state index in [-0.39, 0.29) is 0 Å². The molecule has 0 radical (unpaired) electrons. The summed E-state index contributed by atoms with van der Waals surface area (Å²) in [5.41, 5.74) is 2.33. The van der Waals surface area contributed by atoms with Crippen molar-refractivity contribution in [3.63, 3.8) is 0 Å². The van der Waals surface area contributed by atoms with Gasteiger partial charge in [0.2, 0.25) is 0 Å². The summed E-state index contributed by atoms with van der Waals surface area (Å²) in [6.45, 7) is 7.37. The monoisotopic (exact) mass is 275 g/mol. The van der Waals surface area contributed by atoms with Crippen LogP contribution in [-0.2, 0) is 13.1 Å². The van der Waals surface area contributed by atoms with Gasteiger partial charge in [-0.3, -0.25) is 4.98 Å². The van der Waals surface area contributed by atoms with Crippen LogP contribution in [0.4, 0.5) is 0 Å². The maximum atomic E-state index is 4.76. The van der Waals surface area contributed by atoms with Gasteiger partial charge in [0.25, 0.3) is 0 Å². The van der Waals surface area contributed by atoms with Crippen molar-refractivity contribution in [3.05, 3.63) is 29.6 Å². The van der Waals surface area contributed by atoms with E-state index in [4.69, 9.17) is 4.98 Å². The summed E-state index contributed by atoms with van der Waals surface area (Å²) in [5.74, 6) is 0.908. The van der Waals surface area contributed by atoms with Gasteiger partial charge in [0.15, 0.2) is 0 Å². The second-order valence-electron chi connectivity index (χ2n) is 6.50. The van der Waals surface area contributed by atoms with E-state index in [1.807, 2.05) is 0 Å². The van der Waals surface area contributed by atoms with Crippen LogP contribution < -0.4 is 5.32 Å². The fourth-order valence-corrected chi connectivity index (χ4v) is 3.00. The number of hydrogen-bond acceptors (Lipinski definition) is 3. The molecule has 0 atom stereocenters. The van der Waals surface area contributed by atoms with Crippen LogP contribution in [0.25, 0.3) is 0 Å². The maximum absolute atomic E-state index is 4.76. The molecule has 1 aromatic heterocycles. The number of rotatable bonds is 7. The van der Waals surface area contributed by atoms with Gasteiger partial charge in [0.1, 0.15) is 0 Å². The number of aromatic nitrogens is 1. The van der Waals surface area contributed by atoms with Crippen molar-refractivity contribution in [2.45, 2.75) is 58.7 Å². The molecular formula is C17H29N3. The summed E-state index contributed by atoms with van der Waals surface area (Å²) >= 11 is 0. The molecule has 3 nitrogen and oxygen atoms in total. The molecule has 1 saturated carbocycles. The van der Waals surface area contributed by atoms with E-state index in [0.717, 1.165) is 24.7 Å². The summed E-state index contributed by atoms with van der Waals surface area (Å²) in [6, 6.07) is 6.88. The molecule has 1 heterocycles. The smallest absolute Gasteiger partial charge is 0.0547 e. The van der Waals surface area contributed by atoms with Gasteiger partial charge in [-0.25, -0.2) is 0 Å². The Kier molecular flexibility index (Phi) is 5.99. The van der Waals surface area contributed by atoms with Gasteiger partial charge in [-0.1, -0.05) is 32.8 Å². The molecule has 2 rings (SSSR count). The van der Waals surface area contributed by atoms with Gasteiger partial charge in [-0.05, 0) is 37.9 Å². The highest BCUT2D eigenvalue weighted by Gasteiger charge is 2.16. The molecule has 0 saturated heterocycles. The Hall–Kier alpha value is -0.930. The molecule has 112 valence electrons. The highest BCUT2D eigenvalue weighted by molar-refractivity contribution is 5.11. The first-order valence-electron chi connectivity index (χ1n) is 8.00. The van der Waals surface area contributed by atoms with Crippen molar-refractivity contribution < 1.29 is 0 Å². The number of nitrogens with zero attached hydrogens (tertiary/aromatic N) is 2. The van der Waals surface area contributed by atoms with E-state index in [2.05, 4.69) is 49.3 Å². The Labute approximate surface area is 123 Å². The third-order valence-electron chi connectivity index (χ3n) is 4.03. The van der Waals surface area contributed by atoms with Crippen LogP contribution in [0.3, 0.4) is 0 Å². The molecule has 0 spiro atoms. The zero-order chi connectivity index (χ0) is 14.4. The first-order valence-corrected chi connectivity index (χ1v) is 8.00. The van der Waals surface area contributed by atoms with E-state index < -0.39 is 0 Å². The molecule has 0 aliphatic heterocycles. The summed E-state index contributed by atoms with van der Waals surface area (Å²) in [7, 11) is 2.22. The molecular weight excluding hydrogens is 246 g/mol. The molecule has 3 heteroatoms. The standard InChI is InChI=1S/C17H29N3/c1-14(2)18-11-16-9-6-10-17(19-16)13-20(3)12-15-7-4-5-8-15/h6,9-10,14-15,18H,4-5,7-8,11-13H2,1-3H3. The lowest BCUT2D eigenvalue weighted by atomic mass is 10.1. The predicted octanol–water partition coefficient (Wildman–Crippen LogP) is 3.20. The molecule has 1 N–H and O–H groups in total. The zero-order valence-electron chi connectivity index (χ0n) is 13.2. The van der Waals surface area contributed by atoms with Crippen molar-refractivity contribution in [2.24, 2.45) is 5.92 Å². The lowest BCUT2D eigenvalue weighted by Crippen LogP contribution is -2.25. The van der Waals surface area contributed by atoms with E-state index in [0.29, 0.717) is 6.04 Å². The van der Waals surface area contributed by atoms with Crippen molar-refractivity contribution in [3.8, 4) is 0 Å². The average molecular weight is 275 g/mol. The summed E-state index contributed by atoms with van der Waals surface area (Å²) in [6.07, 6.45) is 5.67. The first kappa shape index (κ1) is 15.5. The Balaban J connectivity index is 1.83. The van der Waals surface area contributed by atoms with E-state index in [9.17, 15) is 0 Å². The first-order chi connectivity index (χ1) is 9.63. The van der Waals surface area contributed by atoms with Gasteiger partial charge >= 0.3 is 0 Å². The van der Waals surface area contributed by atoms with Gasteiger partial charge in [-0.2, -0.15) is 0 Å². The Morgan fingerprint density at radius 2 is 1.95 bits per heavy atom. The molecule has 20 heavy (non-hydrogen) atoms. The van der Waals surface area contributed by atoms with Gasteiger partial charge < -0.3 is 10.2 Å². The number of hydrogen-bond donors (Lipinski definition) is 1. The van der Waals surface area contributed by atoms with Crippen molar-refractivity contribution in [1.29, 1.82) is 0 Å². The van der Waals surface area contributed by atoms with Crippen LogP contribution in [0.2, 0.25) is 0 Å². The molecule has 0 amide bonds. The second-order valence-corrected chi connectivity index (χ2v) is 6.50. The third kappa shape index (κ3) is 5.22. The van der Waals surface area contributed by atoms with Crippen LogP contribution in [-0.4, -0.2) is 29.5 Å². The Morgan fingerprint density at radius 3 is 2.65 bits per heavy atom. The lowest BCUT2D eigenvalue weighted by Gasteiger charge is -2.20. The molecule has 0 unspecified atom stereocenters. The summed E-state index contributed by atoms with van der Waals surface area (Å²) in [4.78, 5) is 7.18. The minimum Gasteiger partial charge on any atom is -0.309 e. The van der Waals surface area contributed by atoms with Crippen LogP contribution >= 0.6 is 0 Å². The molecule has 1 fully saturated rings. The maximum Gasteiger partial charge on any atom is 0.0547 e. The van der Waals surface area contributed by atoms with Gasteiger partial charge in [-0.15, -0.1) is 0 Å². The predicted molar refractivity (Wildman–Crippen MR) is 84.5 cm³/mol. The topological polar surface area (TPSA) is 28.2 Å². The van der Waals surface area contributed by atoms with Gasteiger partial charge in [0, 0.05) is 25.7 Å². The summed E-state index contributed by atoms with van der Waals surface area (Å²) < 4.78 is 0. The summed E-state index contributed by atoms with van der Waals surface area (Å²) in [5, 5.41) is 3.42. The van der Waals surface area contributed by atoms with Crippen LogP contribution in [0.15, 0.2) is 18.2 Å². The molecule has 1 aliphatic carbocycles. The van der Waals surface area contributed by atoms with Crippen LogP contribution in [0, 0.1) is 5.92 Å². The molecule has 1 aromatic rings. The molecule has 0 bridgehead atoms. The van der Waals surface area contributed by atoms with Crippen LogP contribution in [0.5, 0.6) is 0 Å². The molecule has 0 aromatic carbocycles. The van der Waals surface area contributed by atoms with E-state index >= 15 is 0 Å². The lowest BCUT2D eigenvalue weighted by molar-refractivity contribution is 0.268. The Bertz CT molecular complexity index is 397. The highest BCUT2D eigenvalue weighted by Crippen LogP contribution is 2.25. The third-order valence-corrected chi connectivity index (χ3v) is 4.03.